The van der Waals surface area contributed by atoms with E-state index in [0.29, 0.717) is 0 Å². The van der Waals surface area contributed by atoms with Crippen LogP contribution in [-0.4, -0.2) is 0 Å². The molecule has 0 spiro atoms. The fourth-order valence-corrected chi connectivity index (χ4v) is 1.77. The minimum Gasteiger partial charge on any atom is -0.0998 e. The Labute approximate surface area is 84.9 Å². The standard InChI is InChI=1S/C14H14/c1-11(2)10-13-8-5-7-12-6-3-4-9-14(12)13/h3-9H,1,10H2,2H3. The molecule has 0 saturated heterocycles. The van der Waals surface area contributed by atoms with Gasteiger partial charge in [0, 0.05) is 0 Å². The van der Waals surface area contributed by atoms with Crippen molar-refractivity contribution in [2.45, 2.75) is 13.3 Å². The van der Waals surface area contributed by atoms with Crippen molar-refractivity contribution < 1.29 is 0 Å². The van der Waals surface area contributed by atoms with Crippen molar-refractivity contribution in [3.63, 3.8) is 0 Å². The molecule has 0 radical (unpaired) electrons. The van der Waals surface area contributed by atoms with E-state index in [4.69, 9.17) is 0 Å². The van der Waals surface area contributed by atoms with Gasteiger partial charge in [0.25, 0.3) is 0 Å². The first-order valence-corrected chi connectivity index (χ1v) is 4.88. The van der Waals surface area contributed by atoms with Gasteiger partial charge in [-0.15, -0.1) is 0 Å². The van der Waals surface area contributed by atoms with Crippen molar-refractivity contribution in [3.05, 3.63) is 60.2 Å². The molecule has 2 aromatic carbocycles. The van der Waals surface area contributed by atoms with Crippen LogP contribution in [0, 0.1) is 0 Å². The van der Waals surface area contributed by atoms with E-state index in [2.05, 4.69) is 56.0 Å². The number of hydrogen-bond acceptors (Lipinski definition) is 0. The third-order valence-electron chi connectivity index (χ3n) is 2.37. The Morgan fingerprint density at radius 3 is 2.57 bits per heavy atom. The van der Waals surface area contributed by atoms with Crippen molar-refractivity contribution in [2.75, 3.05) is 0 Å². The molecule has 0 aromatic heterocycles. The molecule has 0 heterocycles. The average Bonchev–Trinajstić information content (AvgIpc) is 2.18. The van der Waals surface area contributed by atoms with Crippen LogP contribution in [0.15, 0.2) is 54.6 Å². The minimum absolute atomic E-state index is 0.974. The van der Waals surface area contributed by atoms with Gasteiger partial charge < -0.3 is 0 Å². The summed E-state index contributed by atoms with van der Waals surface area (Å²) >= 11 is 0. The lowest BCUT2D eigenvalue weighted by Crippen LogP contribution is -1.87. The predicted molar refractivity (Wildman–Crippen MR) is 62.5 cm³/mol. The zero-order valence-corrected chi connectivity index (χ0v) is 8.46. The minimum atomic E-state index is 0.974. The SMILES string of the molecule is C=C(C)Cc1cccc2ccccc12. The summed E-state index contributed by atoms with van der Waals surface area (Å²) in [6.07, 6.45) is 0.974. The third kappa shape index (κ3) is 1.69. The zero-order chi connectivity index (χ0) is 9.97. The first-order chi connectivity index (χ1) is 6.77. The molecule has 0 aliphatic carbocycles. The summed E-state index contributed by atoms with van der Waals surface area (Å²) in [7, 11) is 0. The van der Waals surface area contributed by atoms with Crippen LogP contribution < -0.4 is 0 Å². The topological polar surface area (TPSA) is 0 Å². The maximum absolute atomic E-state index is 3.96. The molecular formula is C14H14. The molecule has 0 aliphatic heterocycles. The average molecular weight is 182 g/mol. The number of fused-ring (bicyclic) bond motifs is 1. The van der Waals surface area contributed by atoms with E-state index < -0.39 is 0 Å². The molecule has 0 heteroatoms. The fraction of sp³-hybridized carbons (Fsp3) is 0.143. The Bertz CT molecular complexity index is 461. The summed E-state index contributed by atoms with van der Waals surface area (Å²) in [6, 6.07) is 14.9. The van der Waals surface area contributed by atoms with Crippen molar-refractivity contribution in [1.29, 1.82) is 0 Å². The highest BCUT2D eigenvalue weighted by Gasteiger charge is 1.99. The summed E-state index contributed by atoms with van der Waals surface area (Å²) < 4.78 is 0. The molecule has 0 saturated carbocycles. The van der Waals surface area contributed by atoms with Gasteiger partial charge in [-0.1, -0.05) is 54.6 Å². The highest BCUT2D eigenvalue weighted by atomic mass is 14.0. The van der Waals surface area contributed by atoms with Crippen LogP contribution in [0.4, 0.5) is 0 Å². The largest absolute Gasteiger partial charge is 0.0998 e. The van der Waals surface area contributed by atoms with Gasteiger partial charge >= 0.3 is 0 Å². The zero-order valence-electron chi connectivity index (χ0n) is 8.46. The highest BCUT2D eigenvalue weighted by molar-refractivity contribution is 5.85. The summed E-state index contributed by atoms with van der Waals surface area (Å²) in [5, 5.41) is 2.66. The molecule has 0 nitrogen and oxygen atoms in total. The maximum Gasteiger partial charge on any atom is -0.00664 e. The highest BCUT2D eigenvalue weighted by Crippen LogP contribution is 2.20. The summed E-state index contributed by atoms with van der Waals surface area (Å²) in [4.78, 5) is 0. The normalized spacial score (nSPS) is 10.4. The van der Waals surface area contributed by atoms with E-state index in [-0.39, 0.29) is 0 Å². The van der Waals surface area contributed by atoms with Crippen LogP contribution in [0.25, 0.3) is 10.8 Å². The Morgan fingerprint density at radius 2 is 1.79 bits per heavy atom. The monoisotopic (exact) mass is 182 g/mol. The molecular weight excluding hydrogens is 168 g/mol. The quantitative estimate of drug-likeness (QED) is 0.617. The molecule has 0 N–H and O–H groups in total. The number of rotatable bonds is 2. The van der Waals surface area contributed by atoms with Gasteiger partial charge in [-0.3, -0.25) is 0 Å². The van der Waals surface area contributed by atoms with Crippen molar-refractivity contribution >= 4 is 10.8 Å². The van der Waals surface area contributed by atoms with E-state index in [1.807, 2.05) is 0 Å². The van der Waals surface area contributed by atoms with Crippen LogP contribution in [0.5, 0.6) is 0 Å². The molecule has 2 aromatic rings. The van der Waals surface area contributed by atoms with Crippen molar-refractivity contribution in [2.24, 2.45) is 0 Å². The molecule has 14 heavy (non-hydrogen) atoms. The number of hydrogen-bond donors (Lipinski definition) is 0. The lowest BCUT2D eigenvalue weighted by Gasteiger charge is -2.05. The van der Waals surface area contributed by atoms with E-state index in [1.165, 1.54) is 21.9 Å². The Kier molecular flexibility index (Phi) is 2.36. The molecule has 70 valence electrons. The van der Waals surface area contributed by atoms with Gasteiger partial charge in [0.2, 0.25) is 0 Å². The van der Waals surface area contributed by atoms with E-state index in [1.54, 1.807) is 0 Å². The van der Waals surface area contributed by atoms with Gasteiger partial charge in [0.15, 0.2) is 0 Å². The molecule has 2 rings (SSSR count). The first-order valence-electron chi connectivity index (χ1n) is 4.88. The molecule has 0 unspecified atom stereocenters. The smallest absolute Gasteiger partial charge is 0.00664 e. The fourth-order valence-electron chi connectivity index (χ4n) is 1.77. The van der Waals surface area contributed by atoms with Crippen LogP contribution in [-0.2, 0) is 6.42 Å². The first kappa shape index (κ1) is 9.01. The third-order valence-corrected chi connectivity index (χ3v) is 2.37. The van der Waals surface area contributed by atoms with Gasteiger partial charge in [0.1, 0.15) is 0 Å². The Balaban J connectivity index is 2.59. The van der Waals surface area contributed by atoms with Crippen molar-refractivity contribution in [3.8, 4) is 0 Å². The molecule has 0 bridgehead atoms. The Hall–Kier alpha value is -1.56. The lowest BCUT2D eigenvalue weighted by atomic mass is 10.00. The van der Waals surface area contributed by atoms with Gasteiger partial charge in [0.05, 0.1) is 0 Å². The van der Waals surface area contributed by atoms with Crippen LogP contribution >= 0.6 is 0 Å². The van der Waals surface area contributed by atoms with E-state index >= 15 is 0 Å². The number of benzene rings is 2. The second kappa shape index (κ2) is 3.67. The van der Waals surface area contributed by atoms with E-state index in [9.17, 15) is 0 Å². The Morgan fingerprint density at radius 1 is 1.07 bits per heavy atom. The van der Waals surface area contributed by atoms with E-state index in [0.717, 1.165) is 6.42 Å². The van der Waals surface area contributed by atoms with Crippen LogP contribution in [0.2, 0.25) is 0 Å². The second-order valence-electron chi connectivity index (χ2n) is 3.77. The molecule has 0 aliphatic rings. The predicted octanol–water partition coefficient (Wildman–Crippen LogP) is 3.96. The maximum atomic E-state index is 3.96. The van der Waals surface area contributed by atoms with Gasteiger partial charge in [-0.2, -0.15) is 0 Å². The lowest BCUT2D eigenvalue weighted by molar-refractivity contribution is 1.17. The second-order valence-corrected chi connectivity index (χ2v) is 3.77. The van der Waals surface area contributed by atoms with Crippen LogP contribution in [0.1, 0.15) is 12.5 Å². The van der Waals surface area contributed by atoms with Crippen molar-refractivity contribution in [1.82, 2.24) is 0 Å². The summed E-state index contributed by atoms with van der Waals surface area (Å²) in [6.45, 7) is 6.03. The van der Waals surface area contributed by atoms with Crippen LogP contribution in [0.3, 0.4) is 0 Å². The molecule has 0 atom stereocenters. The van der Waals surface area contributed by atoms with Gasteiger partial charge in [-0.25, -0.2) is 0 Å². The summed E-state index contributed by atoms with van der Waals surface area (Å²) in [5.74, 6) is 0. The number of allylic oxidation sites excluding steroid dienone is 1. The molecule has 0 fully saturated rings. The van der Waals surface area contributed by atoms with Gasteiger partial charge in [-0.05, 0) is 29.7 Å². The molecule has 0 amide bonds. The summed E-state index contributed by atoms with van der Waals surface area (Å²) in [5.41, 5.74) is 2.58.